The SMILES string of the molecule is Cc1cc(C)cc(N(CC(=O)NC(C)c2ccc(S(C)(=O)=O)cc2)S(=O)(=O)c2ccccc2)c1. The van der Waals surface area contributed by atoms with Crippen molar-refractivity contribution >= 4 is 31.5 Å². The van der Waals surface area contributed by atoms with Gasteiger partial charge in [-0.3, -0.25) is 9.10 Å². The van der Waals surface area contributed by atoms with Gasteiger partial charge in [0.25, 0.3) is 10.0 Å². The minimum Gasteiger partial charge on any atom is -0.348 e. The molecule has 0 heterocycles. The molecule has 0 aliphatic heterocycles. The zero-order chi connectivity index (χ0) is 25.1. The number of hydrogen-bond acceptors (Lipinski definition) is 5. The number of nitrogens with zero attached hydrogens (tertiary/aromatic N) is 1. The third-order valence-electron chi connectivity index (χ3n) is 5.30. The van der Waals surface area contributed by atoms with Crippen LogP contribution in [0.1, 0.15) is 29.7 Å². The number of hydrogen-bond donors (Lipinski definition) is 1. The molecule has 0 fully saturated rings. The first-order chi connectivity index (χ1) is 15.9. The van der Waals surface area contributed by atoms with Gasteiger partial charge in [-0.25, -0.2) is 16.8 Å². The lowest BCUT2D eigenvalue weighted by molar-refractivity contribution is -0.120. The van der Waals surface area contributed by atoms with E-state index in [2.05, 4.69) is 5.32 Å². The van der Waals surface area contributed by atoms with Crippen LogP contribution in [0.2, 0.25) is 0 Å². The second-order valence-corrected chi connectivity index (χ2v) is 12.2. The first-order valence-electron chi connectivity index (χ1n) is 10.6. The number of sulfone groups is 1. The summed E-state index contributed by atoms with van der Waals surface area (Å²) in [6.07, 6.45) is 1.13. The van der Waals surface area contributed by atoms with Crippen molar-refractivity contribution in [3.8, 4) is 0 Å². The normalized spacial score (nSPS) is 12.7. The number of rotatable bonds is 8. The topological polar surface area (TPSA) is 101 Å². The predicted octanol–water partition coefficient (Wildman–Crippen LogP) is 3.78. The smallest absolute Gasteiger partial charge is 0.264 e. The van der Waals surface area contributed by atoms with E-state index in [4.69, 9.17) is 0 Å². The van der Waals surface area contributed by atoms with E-state index in [9.17, 15) is 21.6 Å². The summed E-state index contributed by atoms with van der Waals surface area (Å²) in [6, 6.07) is 19.1. The molecule has 0 aliphatic rings. The molecule has 0 saturated heterocycles. The van der Waals surface area contributed by atoms with E-state index in [1.807, 2.05) is 19.9 Å². The largest absolute Gasteiger partial charge is 0.348 e. The molecule has 0 aliphatic carbocycles. The number of benzene rings is 3. The summed E-state index contributed by atoms with van der Waals surface area (Å²) in [5.41, 5.74) is 2.86. The lowest BCUT2D eigenvalue weighted by Gasteiger charge is -2.26. The van der Waals surface area contributed by atoms with Gasteiger partial charge in [-0.05, 0) is 73.9 Å². The van der Waals surface area contributed by atoms with Gasteiger partial charge in [-0.15, -0.1) is 0 Å². The first-order valence-corrected chi connectivity index (χ1v) is 14.0. The summed E-state index contributed by atoms with van der Waals surface area (Å²) < 4.78 is 51.4. The molecule has 3 rings (SSSR count). The lowest BCUT2D eigenvalue weighted by atomic mass is 10.1. The highest BCUT2D eigenvalue weighted by Gasteiger charge is 2.28. The van der Waals surface area contributed by atoms with Gasteiger partial charge in [-0.1, -0.05) is 36.4 Å². The van der Waals surface area contributed by atoms with Crippen molar-refractivity contribution in [2.45, 2.75) is 36.6 Å². The number of anilines is 1. The van der Waals surface area contributed by atoms with E-state index >= 15 is 0 Å². The Morgan fingerprint density at radius 1 is 0.853 bits per heavy atom. The van der Waals surface area contributed by atoms with Crippen molar-refractivity contribution in [2.75, 3.05) is 17.1 Å². The summed E-state index contributed by atoms with van der Waals surface area (Å²) in [6.45, 7) is 5.07. The molecule has 7 nitrogen and oxygen atoms in total. The number of amides is 1. The van der Waals surface area contributed by atoms with Crippen molar-refractivity contribution in [3.05, 3.63) is 89.5 Å². The molecule has 34 heavy (non-hydrogen) atoms. The Kier molecular flexibility index (Phi) is 7.48. The summed E-state index contributed by atoms with van der Waals surface area (Å²) in [5, 5.41) is 2.81. The fraction of sp³-hybridized carbons (Fsp3) is 0.240. The molecule has 0 aromatic heterocycles. The van der Waals surface area contributed by atoms with E-state index in [1.54, 1.807) is 49.4 Å². The molecule has 1 atom stereocenters. The van der Waals surface area contributed by atoms with Gasteiger partial charge in [0.05, 0.1) is 21.5 Å². The van der Waals surface area contributed by atoms with Crippen LogP contribution in [0.5, 0.6) is 0 Å². The summed E-state index contributed by atoms with van der Waals surface area (Å²) in [4.78, 5) is 13.2. The maximum Gasteiger partial charge on any atom is 0.264 e. The van der Waals surface area contributed by atoms with Gasteiger partial charge in [0.15, 0.2) is 9.84 Å². The monoisotopic (exact) mass is 500 g/mol. The number of nitrogens with one attached hydrogen (secondary N) is 1. The van der Waals surface area contributed by atoms with Gasteiger partial charge < -0.3 is 5.32 Å². The number of carbonyl (C=O) groups excluding carboxylic acids is 1. The second-order valence-electron chi connectivity index (χ2n) is 8.30. The van der Waals surface area contributed by atoms with E-state index in [-0.39, 0.29) is 9.79 Å². The Hall–Kier alpha value is -3.17. The molecule has 1 amide bonds. The van der Waals surface area contributed by atoms with Crippen LogP contribution in [0, 0.1) is 13.8 Å². The number of aryl methyl sites for hydroxylation is 2. The quantitative estimate of drug-likeness (QED) is 0.507. The first kappa shape index (κ1) is 25.5. The highest BCUT2D eigenvalue weighted by Crippen LogP contribution is 2.26. The van der Waals surface area contributed by atoms with Crippen LogP contribution in [0.25, 0.3) is 0 Å². The molecule has 3 aromatic rings. The highest BCUT2D eigenvalue weighted by molar-refractivity contribution is 7.93. The number of sulfonamides is 1. The number of carbonyl (C=O) groups is 1. The summed E-state index contributed by atoms with van der Waals surface area (Å²) >= 11 is 0. The van der Waals surface area contributed by atoms with Gasteiger partial charge in [0.1, 0.15) is 6.54 Å². The van der Waals surface area contributed by atoms with Crippen molar-refractivity contribution in [1.82, 2.24) is 5.32 Å². The Bertz CT molecular complexity index is 1360. The summed E-state index contributed by atoms with van der Waals surface area (Å²) in [5.74, 6) is -0.488. The molecule has 3 aromatic carbocycles. The lowest BCUT2D eigenvalue weighted by Crippen LogP contribution is -2.41. The second kappa shape index (κ2) is 9.99. The summed E-state index contributed by atoms with van der Waals surface area (Å²) in [7, 11) is -7.32. The minimum absolute atomic E-state index is 0.0892. The van der Waals surface area contributed by atoms with Crippen molar-refractivity contribution < 1.29 is 21.6 Å². The fourth-order valence-corrected chi connectivity index (χ4v) is 5.69. The van der Waals surface area contributed by atoms with Gasteiger partial charge in [0.2, 0.25) is 5.91 Å². The Morgan fingerprint density at radius 3 is 1.94 bits per heavy atom. The molecular weight excluding hydrogens is 472 g/mol. The Balaban J connectivity index is 1.88. The molecule has 0 bridgehead atoms. The van der Waals surface area contributed by atoms with Gasteiger partial charge in [-0.2, -0.15) is 0 Å². The third-order valence-corrected chi connectivity index (χ3v) is 8.22. The van der Waals surface area contributed by atoms with Crippen LogP contribution in [0.3, 0.4) is 0 Å². The molecule has 1 N–H and O–H groups in total. The van der Waals surface area contributed by atoms with E-state index in [0.717, 1.165) is 21.7 Å². The molecule has 9 heteroatoms. The van der Waals surface area contributed by atoms with E-state index in [1.165, 1.54) is 24.3 Å². The average Bonchev–Trinajstić information content (AvgIpc) is 2.76. The van der Waals surface area contributed by atoms with E-state index < -0.39 is 38.4 Å². The third kappa shape index (κ3) is 6.03. The molecule has 0 spiro atoms. The van der Waals surface area contributed by atoms with Crippen LogP contribution in [-0.2, 0) is 24.7 Å². The maximum absolute atomic E-state index is 13.5. The van der Waals surface area contributed by atoms with Crippen molar-refractivity contribution in [3.63, 3.8) is 0 Å². The van der Waals surface area contributed by atoms with Crippen LogP contribution in [0.15, 0.2) is 82.6 Å². The van der Waals surface area contributed by atoms with Crippen LogP contribution >= 0.6 is 0 Å². The molecule has 1 unspecified atom stereocenters. The van der Waals surface area contributed by atoms with Crippen LogP contribution in [0.4, 0.5) is 5.69 Å². The molecule has 0 radical (unpaired) electrons. The molecule has 0 saturated carbocycles. The van der Waals surface area contributed by atoms with Gasteiger partial charge >= 0.3 is 0 Å². The van der Waals surface area contributed by atoms with Crippen LogP contribution < -0.4 is 9.62 Å². The standard InChI is InChI=1S/C25H28N2O5S2/c1-18-14-19(2)16-22(15-18)27(34(31,32)24-8-6-5-7-9-24)17-25(28)26-20(3)21-10-12-23(13-11-21)33(4,29)30/h5-16,20H,17H2,1-4H3,(H,26,28). The Labute approximate surface area is 201 Å². The zero-order valence-corrected chi connectivity index (χ0v) is 21.2. The van der Waals surface area contributed by atoms with Gasteiger partial charge in [0, 0.05) is 6.26 Å². The maximum atomic E-state index is 13.5. The Morgan fingerprint density at radius 2 is 1.41 bits per heavy atom. The highest BCUT2D eigenvalue weighted by atomic mass is 32.2. The predicted molar refractivity (Wildman–Crippen MR) is 133 cm³/mol. The minimum atomic E-state index is -4.00. The molecule has 180 valence electrons. The molecular formula is C25H28N2O5S2. The average molecular weight is 501 g/mol. The zero-order valence-electron chi connectivity index (χ0n) is 19.5. The van der Waals surface area contributed by atoms with Crippen molar-refractivity contribution in [2.24, 2.45) is 0 Å². The van der Waals surface area contributed by atoms with Crippen molar-refractivity contribution in [1.29, 1.82) is 0 Å². The van der Waals surface area contributed by atoms with E-state index in [0.29, 0.717) is 11.3 Å². The van der Waals surface area contributed by atoms with Crippen LogP contribution in [-0.4, -0.2) is 35.5 Å². The fourth-order valence-electron chi connectivity index (χ4n) is 3.63.